The topological polar surface area (TPSA) is 55.1 Å². The van der Waals surface area contributed by atoms with E-state index in [9.17, 15) is 4.79 Å². The Morgan fingerprint density at radius 3 is 2.18 bits per heavy atom. The lowest BCUT2D eigenvalue weighted by atomic mass is 9.99. The number of hydrogen-bond donors (Lipinski definition) is 2. The lowest BCUT2D eigenvalue weighted by molar-refractivity contribution is 0.0931. The van der Waals surface area contributed by atoms with E-state index >= 15 is 0 Å². The smallest absolute Gasteiger partial charge is 0.252 e. The van der Waals surface area contributed by atoms with Crippen LogP contribution in [0.15, 0.2) is 18.2 Å². The van der Waals surface area contributed by atoms with E-state index in [1.54, 1.807) is 13.8 Å². The molecule has 0 saturated heterocycles. The maximum Gasteiger partial charge on any atom is 0.252 e. The number of nitrogens with one attached hydrogen (secondary N) is 1. The average molecular weight is 250 g/mol. The molecule has 0 saturated carbocycles. The Morgan fingerprint density at radius 2 is 1.76 bits per heavy atom. The van der Waals surface area contributed by atoms with Gasteiger partial charge in [-0.25, -0.2) is 0 Å². The molecule has 0 aliphatic heterocycles. The van der Waals surface area contributed by atoms with E-state index in [4.69, 9.17) is 18.0 Å². The minimum Gasteiger partial charge on any atom is -0.391 e. The van der Waals surface area contributed by atoms with E-state index in [1.807, 2.05) is 32.0 Å². The zero-order valence-corrected chi connectivity index (χ0v) is 11.4. The molecule has 0 radical (unpaired) electrons. The van der Waals surface area contributed by atoms with Crippen molar-refractivity contribution in [3.8, 4) is 0 Å². The Labute approximate surface area is 107 Å². The first-order valence-electron chi connectivity index (χ1n) is 5.44. The fourth-order valence-corrected chi connectivity index (χ4v) is 1.63. The van der Waals surface area contributed by atoms with Crippen LogP contribution in [-0.2, 0) is 0 Å². The van der Waals surface area contributed by atoms with Gasteiger partial charge in [-0.3, -0.25) is 4.79 Å². The van der Waals surface area contributed by atoms with Crippen LogP contribution < -0.4 is 11.1 Å². The maximum absolute atomic E-state index is 12.2. The Bertz CT molecular complexity index is 446. The van der Waals surface area contributed by atoms with Gasteiger partial charge in [0, 0.05) is 5.56 Å². The predicted octanol–water partition coefficient (Wildman–Crippen LogP) is 2.10. The molecule has 17 heavy (non-hydrogen) atoms. The highest BCUT2D eigenvalue weighted by Gasteiger charge is 2.25. The fraction of sp³-hybridized carbons (Fsp3) is 0.385. The number of amides is 1. The van der Waals surface area contributed by atoms with Crippen molar-refractivity contribution < 1.29 is 4.79 Å². The molecule has 0 aliphatic rings. The van der Waals surface area contributed by atoms with Crippen molar-refractivity contribution in [3.05, 3.63) is 34.9 Å². The van der Waals surface area contributed by atoms with Crippen LogP contribution in [0.4, 0.5) is 0 Å². The monoisotopic (exact) mass is 250 g/mol. The summed E-state index contributed by atoms with van der Waals surface area (Å²) in [5.41, 5.74) is 7.49. The summed E-state index contributed by atoms with van der Waals surface area (Å²) >= 11 is 4.93. The number of carbonyl (C=O) groups is 1. The molecule has 0 bridgehead atoms. The molecule has 1 rings (SSSR count). The van der Waals surface area contributed by atoms with Crippen molar-refractivity contribution in [3.63, 3.8) is 0 Å². The third-order valence-corrected chi connectivity index (χ3v) is 3.26. The van der Waals surface area contributed by atoms with E-state index in [1.165, 1.54) is 0 Å². The van der Waals surface area contributed by atoms with Crippen LogP contribution in [0.3, 0.4) is 0 Å². The average Bonchev–Trinajstić information content (AvgIpc) is 2.15. The molecule has 92 valence electrons. The summed E-state index contributed by atoms with van der Waals surface area (Å²) in [7, 11) is 0. The van der Waals surface area contributed by atoms with Gasteiger partial charge in [-0.2, -0.15) is 0 Å². The number of aryl methyl sites for hydroxylation is 2. The molecule has 3 nitrogen and oxygen atoms in total. The van der Waals surface area contributed by atoms with Gasteiger partial charge in [0.1, 0.15) is 0 Å². The van der Waals surface area contributed by atoms with Gasteiger partial charge in [-0.15, -0.1) is 0 Å². The van der Waals surface area contributed by atoms with Crippen LogP contribution in [-0.4, -0.2) is 16.4 Å². The first kappa shape index (κ1) is 13.6. The summed E-state index contributed by atoms with van der Waals surface area (Å²) in [6, 6.07) is 5.76. The number of thiocarbonyl (C=S) groups is 1. The molecule has 1 amide bonds. The lowest BCUT2D eigenvalue weighted by Gasteiger charge is -2.25. The highest BCUT2D eigenvalue weighted by atomic mass is 32.1. The summed E-state index contributed by atoms with van der Waals surface area (Å²) in [6.45, 7) is 7.41. The summed E-state index contributed by atoms with van der Waals surface area (Å²) in [6.07, 6.45) is 0. The summed E-state index contributed by atoms with van der Waals surface area (Å²) < 4.78 is 0. The van der Waals surface area contributed by atoms with Gasteiger partial charge in [0.05, 0.1) is 10.5 Å². The van der Waals surface area contributed by atoms with Crippen LogP contribution in [0.1, 0.15) is 35.3 Å². The minimum absolute atomic E-state index is 0.140. The zero-order chi connectivity index (χ0) is 13.2. The standard InChI is InChI=1S/C13H18N2OS/c1-8-6-5-7-9(2)10(8)11(16)15-13(3,4)12(14)17/h5-7H,1-4H3,(H2,14,17)(H,15,16). The third-order valence-electron chi connectivity index (χ3n) is 2.75. The van der Waals surface area contributed by atoms with Gasteiger partial charge < -0.3 is 11.1 Å². The summed E-state index contributed by atoms with van der Waals surface area (Å²) in [5, 5.41) is 2.85. The number of carbonyl (C=O) groups excluding carboxylic acids is 1. The minimum atomic E-state index is -0.679. The highest BCUT2D eigenvalue weighted by Crippen LogP contribution is 2.14. The van der Waals surface area contributed by atoms with Crippen LogP contribution >= 0.6 is 12.2 Å². The van der Waals surface area contributed by atoms with Gasteiger partial charge in [0.15, 0.2) is 0 Å². The van der Waals surface area contributed by atoms with Gasteiger partial charge in [0.2, 0.25) is 0 Å². The van der Waals surface area contributed by atoms with E-state index in [2.05, 4.69) is 5.32 Å². The molecular weight excluding hydrogens is 232 g/mol. The molecule has 0 atom stereocenters. The van der Waals surface area contributed by atoms with Crippen LogP contribution in [0, 0.1) is 13.8 Å². The zero-order valence-electron chi connectivity index (χ0n) is 10.6. The lowest BCUT2D eigenvalue weighted by Crippen LogP contribution is -2.52. The number of hydrogen-bond acceptors (Lipinski definition) is 2. The predicted molar refractivity (Wildman–Crippen MR) is 74.2 cm³/mol. The maximum atomic E-state index is 12.2. The second-order valence-corrected chi connectivity index (χ2v) is 5.15. The summed E-state index contributed by atoms with van der Waals surface area (Å²) in [4.78, 5) is 12.5. The van der Waals surface area contributed by atoms with E-state index < -0.39 is 5.54 Å². The second kappa shape index (κ2) is 4.84. The quantitative estimate of drug-likeness (QED) is 0.808. The van der Waals surface area contributed by atoms with Crippen molar-refractivity contribution in [1.29, 1.82) is 0 Å². The van der Waals surface area contributed by atoms with Crippen molar-refractivity contribution in [2.24, 2.45) is 5.73 Å². The summed E-state index contributed by atoms with van der Waals surface area (Å²) in [5.74, 6) is -0.140. The van der Waals surface area contributed by atoms with Crippen LogP contribution in [0.2, 0.25) is 0 Å². The number of benzene rings is 1. The largest absolute Gasteiger partial charge is 0.391 e. The van der Waals surface area contributed by atoms with E-state index in [0.717, 1.165) is 11.1 Å². The highest BCUT2D eigenvalue weighted by molar-refractivity contribution is 7.80. The van der Waals surface area contributed by atoms with Crippen molar-refractivity contribution in [2.45, 2.75) is 33.2 Å². The molecule has 1 aromatic rings. The van der Waals surface area contributed by atoms with Gasteiger partial charge in [0.25, 0.3) is 5.91 Å². The van der Waals surface area contributed by atoms with Crippen LogP contribution in [0.25, 0.3) is 0 Å². The van der Waals surface area contributed by atoms with E-state index in [-0.39, 0.29) is 10.9 Å². The molecule has 1 aromatic carbocycles. The molecule has 4 heteroatoms. The first-order chi connectivity index (χ1) is 7.75. The number of nitrogens with two attached hydrogens (primary N) is 1. The van der Waals surface area contributed by atoms with Crippen molar-refractivity contribution in [2.75, 3.05) is 0 Å². The molecule has 0 heterocycles. The van der Waals surface area contributed by atoms with Crippen LogP contribution in [0.5, 0.6) is 0 Å². The Morgan fingerprint density at radius 1 is 1.29 bits per heavy atom. The van der Waals surface area contributed by atoms with E-state index in [0.29, 0.717) is 5.56 Å². The van der Waals surface area contributed by atoms with Gasteiger partial charge in [-0.05, 0) is 38.8 Å². The molecule has 0 fully saturated rings. The second-order valence-electron chi connectivity index (χ2n) is 4.71. The first-order valence-corrected chi connectivity index (χ1v) is 5.85. The van der Waals surface area contributed by atoms with Gasteiger partial charge >= 0.3 is 0 Å². The Kier molecular flexibility index (Phi) is 3.88. The Hall–Kier alpha value is -1.42. The van der Waals surface area contributed by atoms with Crippen molar-refractivity contribution in [1.82, 2.24) is 5.32 Å². The normalized spacial score (nSPS) is 11.1. The number of rotatable bonds is 3. The third kappa shape index (κ3) is 3.03. The molecular formula is C13H18N2OS. The molecule has 0 unspecified atom stereocenters. The molecule has 0 aliphatic carbocycles. The molecule has 0 spiro atoms. The fourth-order valence-electron chi connectivity index (χ4n) is 1.58. The molecule has 3 N–H and O–H groups in total. The molecule has 0 aromatic heterocycles. The van der Waals surface area contributed by atoms with Gasteiger partial charge in [-0.1, -0.05) is 30.4 Å². The Balaban J connectivity index is 3.03. The van der Waals surface area contributed by atoms with Crippen molar-refractivity contribution >= 4 is 23.1 Å². The SMILES string of the molecule is Cc1cccc(C)c1C(=O)NC(C)(C)C(N)=S.